The molecule has 1 aromatic carbocycles. The SMILES string of the molecule is Cn1ncc(Br)c1C(O)c1ccccc1I. The highest BCUT2D eigenvalue weighted by molar-refractivity contribution is 14.1. The number of aromatic nitrogens is 2. The van der Waals surface area contributed by atoms with Crippen molar-refractivity contribution in [3.63, 3.8) is 0 Å². The van der Waals surface area contributed by atoms with Gasteiger partial charge in [0, 0.05) is 10.6 Å². The summed E-state index contributed by atoms with van der Waals surface area (Å²) in [6.45, 7) is 0. The summed E-state index contributed by atoms with van der Waals surface area (Å²) in [4.78, 5) is 0. The maximum absolute atomic E-state index is 10.3. The molecule has 0 aliphatic carbocycles. The van der Waals surface area contributed by atoms with E-state index in [1.807, 2.05) is 31.3 Å². The third-order valence-electron chi connectivity index (χ3n) is 2.40. The van der Waals surface area contributed by atoms with Crippen LogP contribution in [-0.4, -0.2) is 14.9 Å². The molecule has 1 aromatic heterocycles. The van der Waals surface area contributed by atoms with Crippen LogP contribution >= 0.6 is 38.5 Å². The number of nitrogens with zero attached hydrogens (tertiary/aromatic N) is 2. The number of aliphatic hydroxyl groups excluding tert-OH is 1. The molecular formula is C11H10BrIN2O. The minimum Gasteiger partial charge on any atom is -0.382 e. The quantitative estimate of drug-likeness (QED) is 0.798. The number of halogens is 2. The average Bonchev–Trinajstić information content (AvgIpc) is 2.58. The van der Waals surface area contributed by atoms with Crippen LogP contribution < -0.4 is 0 Å². The third kappa shape index (κ3) is 2.16. The van der Waals surface area contributed by atoms with Gasteiger partial charge in [-0.1, -0.05) is 18.2 Å². The maximum Gasteiger partial charge on any atom is 0.123 e. The molecule has 0 radical (unpaired) electrons. The summed E-state index contributed by atoms with van der Waals surface area (Å²) in [7, 11) is 1.82. The molecule has 0 spiro atoms. The average molecular weight is 393 g/mol. The molecule has 1 unspecified atom stereocenters. The molecule has 1 N–H and O–H groups in total. The molecule has 1 heterocycles. The Balaban J connectivity index is 2.47. The van der Waals surface area contributed by atoms with Crippen LogP contribution in [0, 0.1) is 3.57 Å². The van der Waals surface area contributed by atoms with Crippen molar-refractivity contribution in [2.45, 2.75) is 6.10 Å². The lowest BCUT2D eigenvalue weighted by Crippen LogP contribution is -2.08. The highest BCUT2D eigenvalue weighted by Gasteiger charge is 2.19. The molecule has 0 saturated heterocycles. The van der Waals surface area contributed by atoms with Crippen LogP contribution in [0.25, 0.3) is 0 Å². The number of benzene rings is 1. The van der Waals surface area contributed by atoms with E-state index in [0.29, 0.717) is 0 Å². The summed E-state index contributed by atoms with van der Waals surface area (Å²) in [6, 6.07) is 7.77. The molecule has 0 bridgehead atoms. The molecule has 2 rings (SSSR count). The van der Waals surface area contributed by atoms with E-state index in [-0.39, 0.29) is 0 Å². The van der Waals surface area contributed by atoms with Crippen molar-refractivity contribution in [2.24, 2.45) is 7.05 Å². The van der Waals surface area contributed by atoms with Gasteiger partial charge in [0.05, 0.1) is 16.4 Å². The number of aliphatic hydroxyl groups is 1. The zero-order valence-electron chi connectivity index (χ0n) is 8.56. The molecule has 16 heavy (non-hydrogen) atoms. The van der Waals surface area contributed by atoms with Gasteiger partial charge >= 0.3 is 0 Å². The van der Waals surface area contributed by atoms with Crippen LogP contribution in [0.15, 0.2) is 34.9 Å². The standard InChI is InChI=1S/C11H10BrIN2O/c1-15-10(8(12)6-14-15)11(16)7-4-2-3-5-9(7)13/h2-6,11,16H,1H3. The Bertz CT molecular complexity index is 493. The van der Waals surface area contributed by atoms with Gasteiger partial charge in [0.15, 0.2) is 0 Å². The first kappa shape index (κ1) is 12.1. The van der Waals surface area contributed by atoms with Gasteiger partial charge in [-0.3, -0.25) is 4.68 Å². The molecule has 0 aliphatic rings. The second-order valence-corrected chi connectivity index (χ2v) is 5.44. The molecule has 0 amide bonds. The maximum atomic E-state index is 10.3. The molecule has 0 saturated carbocycles. The molecule has 1 atom stereocenters. The first-order chi connectivity index (χ1) is 7.61. The minimum absolute atomic E-state index is 0.657. The van der Waals surface area contributed by atoms with E-state index in [1.54, 1.807) is 10.9 Å². The monoisotopic (exact) mass is 392 g/mol. The predicted octanol–water partition coefficient (Wildman–Crippen LogP) is 2.87. The molecule has 0 fully saturated rings. The van der Waals surface area contributed by atoms with Gasteiger partial charge in [0.25, 0.3) is 0 Å². The largest absolute Gasteiger partial charge is 0.382 e. The van der Waals surface area contributed by atoms with E-state index >= 15 is 0 Å². The van der Waals surface area contributed by atoms with Gasteiger partial charge < -0.3 is 5.11 Å². The van der Waals surface area contributed by atoms with E-state index in [1.165, 1.54) is 0 Å². The first-order valence-corrected chi connectivity index (χ1v) is 6.58. The summed E-state index contributed by atoms with van der Waals surface area (Å²) in [5, 5.41) is 14.4. The van der Waals surface area contributed by atoms with Crippen LogP contribution in [0.5, 0.6) is 0 Å². The molecule has 0 aliphatic heterocycles. The fourth-order valence-corrected chi connectivity index (χ4v) is 2.82. The van der Waals surface area contributed by atoms with Crippen molar-refractivity contribution in [1.29, 1.82) is 0 Å². The van der Waals surface area contributed by atoms with E-state index in [0.717, 1.165) is 19.3 Å². The van der Waals surface area contributed by atoms with Crippen molar-refractivity contribution < 1.29 is 5.11 Å². The van der Waals surface area contributed by atoms with Gasteiger partial charge in [-0.2, -0.15) is 5.10 Å². The number of hydrogen-bond donors (Lipinski definition) is 1. The van der Waals surface area contributed by atoms with E-state index in [2.05, 4.69) is 43.6 Å². The summed E-state index contributed by atoms with van der Waals surface area (Å²) in [5.41, 5.74) is 1.66. The highest BCUT2D eigenvalue weighted by atomic mass is 127. The van der Waals surface area contributed by atoms with Crippen LogP contribution in [-0.2, 0) is 7.05 Å². The van der Waals surface area contributed by atoms with Gasteiger partial charge in [-0.05, 0) is 50.2 Å². The Hall–Kier alpha value is -0.400. The van der Waals surface area contributed by atoms with Gasteiger partial charge in [-0.15, -0.1) is 0 Å². The Morgan fingerprint density at radius 2 is 2.12 bits per heavy atom. The van der Waals surface area contributed by atoms with E-state index in [4.69, 9.17) is 0 Å². The zero-order valence-corrected chi connectivity index (χ0v) is 12.3. The number of hydrogen-bond acceptors (Lipinski definition) is 2. The lowest BCUT2D eigenvalue weighted by atomic mass is 10.1. The van der Waals surface area contributed by atoms with Gasteiger partial charge in [-0.25, -0.2) is 0 Å². The van der Waals surface area contributed by atoms with Crippen molar-refractivity contribution in [3.8, 4) is 0 Å². The lowest BCUT2D eigenvalue weighted by Gasteiger charge is -2.13. The number of aryl methyl sites for hydroxylation is 1. The molecule has 3 nitrogen and oxygen atoms in total. The van der Waals surface area contributed by atoms with Crippen molar-refractivity contribution >= 4 is 38.5 Å². The van der Waals surface area contributed by atoms with Crippen molar-refractivity contribution in [2.75, 3.05) is 0 Å². The fourth-order valence-electron chi connectivity index (χ4n) is 1.57. The molecular weight excluding hydrogens is 383 g/mol. The molecule has 5 heteroatoms. The normalized spacial score (nSPS) is 12.8. The van der Waals surface area contributed by atoms with Crippen LogP contribution in [0.1, 0.15) is 17.4 Å². The van der Waals surface area contributed by atoms with Gasteiger partial charge in [0.1, 0.15) is 6.10 Å². The van der Waals surface area contributed by atoms with E-state index < -0.39 is 6.10 Å². The second kappa shape index (κ2) is 4.85. The van der Waals surface area contributed by atoms with Crippen molar-refractivity contribution in [1.82, 2.24) is 9.78 Å². The minimum atomic E-state index is -0.657. The van der Waals surface area contributed by atoms with E-state index in [9.17, 15) is 5.11 Å². The van der Waals surface area contributed by atoms with Crippen molar-refractivity contribution in [3.05, 3.63) is 49.8 Å². The topological polar surface area (TPSA) is 38.0 Å². The fraction of sp³-hybridized carbons (Fsp3) is 0.182. The smallest absolute Gasteiger partial charge is 0.123 e. The summed E-state index contributed by atoms with van der Waals surface area (Å²) < 4.78 is 3.54. The Morgan fingerprint density at radius 1 is 1.44 bits per heavy atom. The van der Waals surface area contributed by atoms with Crippen LogP contribution in [0.4, 0.5) is 0 Å². The Labute approximate surface area is 116 Å². The Morgan fingerprint density at radius 3 is 2.69 bits per heavy atom. The van der Waals surface area contributed by atoms with Crippen LogP contribution in [0.3, 0.4) is 0 Å². The first-order valence-electron chi connectivity index (χ1n) is 4.71. The highest BCUT2D eigenvalue weighted by Crippen LogP contribution is 2.30. The second-order valence-electron chi connectivity index (χ2n) is 3.43. The van der Waals surface area contributed by atoms with Gasteiger partial charge in [0.2, 0.25) is 0 Å². The molecule has 2 aromatic rings. The lowest BCUT2D eigenvalue weighted by molar-refractivity contribution is 0.208. The Kier molecular flexibility index (Phi) is 3.66. The number of rotatable bonds is 2. The molecule has 84 valence electrons. The summed E-state index contributed by atoms with van der Waals surface area (Å²) >= 11 is 5.61. The third-order valence-corrected chi connectivity index (χ3v) is 3.99. The van der Waals surface area contributed by atoms with Crippen LogP contribution in [0.2, 0.25) is 0 Å². The zero-order chi connectivity index (χ0) is 11.7. The predicted molar refractivity (Wildman–Crippen MR) is 74.1 cm³/mol. The summed E-state index contributed by atoms with van der Waals surface area (Å²) in [5.74, 6) is 0. The summed E-state index contributed by atoms with van der Waals surface area (Å²) in [6.07, 6.45) is 1.03.